The Morgan fingerprint density at radius 3 is 1.70 bits per heavy atom. The Balaban J connectivity index is 2.01. The van der Waals surface area contributed by atoms with E-state index in [0.29, 0.717) is 0 Å². The first kappa shape index (κ1) is 19.5. The quantitative estimate of drug-likeness (QED) is 0.541. The summed E-state index contributed by atoms with van der Waals surface area (Å²) in [5, 5.41) is 0. The molecule has 0 unspecified atom stereocenters. The fourth-order valence-electron chi connectivity index (χ4n) is 3.61. The Morgan fingerprint density at radius 1 is 0.630 bits per heavy atom. The molecule has 1 nitrogen and oxygen atoms in total. The summed E-state index contributed by atoms with van der Waals surface area (Å²) in [4.78, 5) is 2.41. The first-order valence-corrected chi connectivity index (χ1v) is 10.0. The molecule has 1 heteroatoms. The van der Waals surface area contributed by atoms with Gasteiger partial charge in [-0.2, -0.15) is 0 Å². The molecule has 3 rings (SSSR count). The van der Waals surface area contributed by atoms with Crippen molar-refractivity contribution in [3.8, 4) is 0 Å². The van der Waals surface area contributed by atoms with Gasteiger partial charge in [0.05, 0.1) is 0 Å². The molecule has 0 spiro atoms. The number of anilines is 2. The van der Waals surface area contributed by atoms with E-state index in [0.717, 1.165) is 12.8 Å². The minimum atomic E-state index is 0.171. The van der Waals surface area contributed by atoms with Crippen molar-refractivity contribution in [1.29, 1.82) is 0 Å². The van der Waals surface area contributed by atoms with E-state index < -0.39 is 0 Å². The second-order valence-corrected chi connectivity index (χ2v) is 9.57. The molecular formula is C26H33N. The first-order valence-electron chi connectivity index (χ1n) is 10.0. The zero-order valence-electron chi connectivity index (χ0n) is 17.7. The Labute approximate surface area is 165 Å². The average Bonchev–Trinajstić information content (AvgIpc) is 2.62. The van der Waals surface area contributed by atoms with Gasteiger partial charge in [-0.05, 0) is 59.6 Å². The van der Waals surface area contributed by atoms with Crippen molar-refractivity contribution in [3.63, 3.8) is 0 Å². The van der Waals surface area contributed by atoms with Crippen LogP contribution in [-0.4, -0.2) is 0 Å². The average molecular weight is 360 g/mol. The summed E-state index contributed by atoms with van der Waals surface area (Å²) < 4.78 is 0. The van der Waals surface area contributed by atoms with Crippen LogP contribution in [0.15, 0.2) is 78.0 Å². The monoisotopic (exact) mass is 359 g/mol. The minimum absolute atomic E-state index is 0.171. The molecule has 2 aromatic carbocycles. The van der Waals surface area contributed by atoms with Crippen LogP contribution in [0, 0.1) is 5.41 Å². The van der Waals surface area contributed by atoms with Crippen LogP contribution in [0.4, 0.5) is 11.4 Å². The van der Waals surface area contributed by atoms with E-state index in [-0.39, 0.29) is 10.8 Å². The van der Waals surface area contributed by atoms with Crippen LogP contribution < -0.4 is 4.90 Å². The van der Waals surface area contributed by atoms with Crippen molar-refractivity contribution in [2.75, 3.05) is 4.90 Å². The topological polar surface area (TPSA) is 3.24 Å². The summed E-state index contributed by atoms with van der Waals surface area (Å²) >= 11 is 0. The van der Waals surface area contributed by atoms with Gasteiger partial charge in [0.1, 0.15) is 0 Å². The molecule has 0 saturated carbocycles. The number of para-hydroxylation sites is 1. The van der Waals surface area contributed by atoms with E-state index in [1.807, 2.05) is 0 Å². The summed E-state index contributed by atoms with van der Waals surface area (Å²) in [6.07, 6.45) is 6.84. The van der Waals surface area contributed by atoms with E-state index in [1.54, 1.807) is 0 Å². The van der Waals surface area contributed by atoms with E-state index in [1.165, 1.54) is 28.2 Å². The lowest BCUT2D eigenvalue weighted by Gasteiger charge is -2.32. The molecule has 0 aliphatic heterocycles. The number of rotatable bonds is 3. The molecule has 0 aromatic heterocycles. The second kappa shape index (κ2) is 7.38. The molecule has 0 heterocycles. The number of nitrogens with zero attached hydrogens (tertiary/aromatic N) is 1. The third-order valence-corrected chi connectivity index (χ3v) is 5.38. The first-order chi connectivity index (χ1) is 12.7. The molecule has 1 aliphatic rings. The Kier molecular flexibility index (Phi) is 5.33. The van der Waals surface area contributed by atoms with Gasteiger partial charge < -0.3 is 4.90 Å². The van der Waals surface area contributed by atoms with Crippen LogP contribution in [0.5, 0.6) is 0 Å². The number of hydrogen-bond donors (Lipinski definition) is 0. The zero-order valence-corrected chi connectivity index (χ0v) is 17.7. The van der Waals surface area contributed by atoms with Crippen molar-refractivity contribution in [3.05, 3.63) is 83.6 Å². The van der Waals surface area contributed by atoms with Gasteiger partial charge in [0.2, 0.25) is 0 Å². The molecule has 0 amide bonds. The maximum absolute atomic E-state index is 2.41. The van der Waals surface area contributed by atoms with Gasteiger partial charge in [0, 0.05) is 17.1 Å². The molecular weight excluding hydrogens is 326 g/mol. The SMILES string of the molecule is CC(C)(C)C1=CC=C(N(c2ccccc2)c2ccc(C(C)(C)C)cc2)CC1. The van der Waals surface area contributed by atoms with Crippen molar-refractivity contribution in [1.82, 2.24) is 0 Å². The molecule has 0 radical (unpaired) electrons. The van der Waals surface area contributed by atoms with Crippen LogP contribution in [-0.2, 0) is 5.41 Å². The van der Waals surface area contributed by atoms with Crippen LogP contribution in [0.3, 0.4) is 0 Å². The largest absolute Gasteiger partial charge is 0.314 e. The summed E-state index contributed by atoms with van der Waals surface area (Å²) in [6.45, 7) is 13.7. The molecule has 0 bridgehead atoms. The summed E-state index contributed by atoms with van der Waals surface area (Å²) in [7, 11) is 0. The highest BCUT2D eigenvalue weighted by Crippen LogP contribution is 2.38. The maximum Gasteiger partial charge on any atom is 0.0458 e. The zero-order chi connectivity index (χ0) is 19.7. The predicted molar refractivity (Wildman–Crippen MR) is 119 cm³/mol. The van der Waals surface area contributed by atoms with Crippen molar-refractivity contribution in [2.24, 2.45) is 5.41 Å². The third kappa shape index (κ3) is 4.53. The minimum Gasteiger partial charge on any atom is -0.314 e. The molecule has 1 aliphatic carbocycles. The highest BCUT2D eigenvalue weighted by molar-refractivity contribution is 5.69. The van der Waals surface area contributed by atoms with Gasteiger partial charge in [-0.15, -0.1) is 0 Å². The van der Waals surface area contributed by atoms with E-state index in [2.05, 4.69) is 113 Å². The smallest absolute Gasteiger partial charge is 0.0458 e. The normalized spacial score (nSPS) is 15.2. The van der Waals surface area contributed by atoms with Gasteiger partial charge in [0.15, 0.2) is 0 Å². The lowest BCUT2D eigenvalue weighted by Crippen LogP contribution is -2.20. The van der Waals surface area contributed by atoms with Gasteiger partial charge in [0.25, 0.3) is 0 Å². The molecule has 0 fully saturated rings. The summed E-state index contributed by atoms with van der Waals surface area (Å²) in [5.41, 5.74) is 7.12. The van der Waals surface area contributed by atoms with E-state index in [4.69, 9.17) is 0 Å². The van der Waals surface area contributed by atoms with Crippen LogP contribution in [0.2, 0.25) is 0 Å². The van der Waals surface area contributed by atoms with Crippen LogP contribution in [0.1, 0.15) is 59.9 Å². The Bertz CT molecular complexity index is 825. The molecule has 2 aromatic rings. The molecule has 142 valence electrons. The predicted octanol–water partition coefficient (Wildman–Crippen LogP) is 7.77. The molecule has 0 atom stereocenters. The summed E-state index contributed by atoms with van der Waals surface area (Å²) in [5.74, 6) is 0. The number of allylic oxidation sites excluding steroid dienone is 4. The standard InChI is InChI=1S/C26H33N/c1-25(2,3)20-12-16-23(17-13-20)27(22-10-8-7-9-11-22)24-18-14-21(15-19-24)26(4,5)6/h7-14,16-18H,15,19H2,1-6H3. The number of benzene rings is 2. The summed E-state index contributed by atoms with van der Waals surface area (Å²) in [6, 6.07) is 19.8. The van der Waals surface area contributed by atoms with E-state index >= 15 is 0 Å². The van der Waals surface area contributed by atoms with Gasteiger partial charge in [-0.25, -0.2) is 0 Å². The highest BCUT2D eigenvalue weighted by Gasteiger charge is 2.23. The number of hydrogen-bond acceptors (Lipinski definition) is 1. The molecule has 0 saturated heterocycles. The van der Waals surface area contributed by atoms with Crippen molar-refractivity contribution < 1.29 is 0 Å². The van der Waals surface area contributed by atoms with Crippen molar-refractivity contribution in [2.45, 2.75) is 59.8 Å². The highest BCUT2D eigenvalue weighted by atomic mass is 15.1. The van der Waals surface area contributed by atoms with Crippen molar-refractivity contribution >= 4 is 11.4 Å². The third-order valence-electron chi connectivity index (χ3n) is 5.38. The Morgan fingerprint density at radius 2 is 1.22 bits per heavy atom. The molecule has 27 heavy (non-hydrogen) atoms. The van der Waals surface area contributed by atoms with Crippen LogP contribution in [0.25, 0.3) is 0 Å². The van der Waals surface area contributed by atoms with Gasteiger partial charge in [-0.3, -0.25) is 0 Å². The van der Waals surface area contributed by atoms with Gasteiger partial charge >= 0.3 is 0 Å². The fourth-order valence-corrected chi connectivity index (χ4v) is 3.61. The van der Waals surface area contributed by atoms with E-state index in [9.17, 15) is 0 Å². The van der Waals surface area contributed by atoms with Crippen LogP contribution >= 0.6 is 0 Å². The fraction of sp³-hybridized carbons (Fsp3) is 0.385. The molecule has 0 N–H and O–H groups in total. The van der Waals surface area contributed by atoms with Gasteiger partial charge in [-0.1, -0.05) is 83.5 Å². The lowest BCUT2D eigenvalue weighted by molar-refractivity contribution is 0.479. The Hall–Kier alpha value is -2.28. The second-order valence-electron chi connectivity index (χ2n) is 9.57. The lowest BCUT2D eigenvalue weighted by atomic mass is 9.81. The maximum atomic E-state index is 2.41.